The Morgan fingerprint density at radius 3 is 2.61 bits per heavy atom. The van der Waals surface area contributed by atoms with Crippen molar-refractivity contribution in [3.8, 4) is 0 Å². The van der Waals surface area contributed by atoms with Crippen LogP contribution in [0.5, 0.6) is 0 Å². The van der Waals surface area contributed by atoms with Crippen LogP contribution in [0.15, 0.2) is 30.3 Å². The minimum Gasteiger partial charge on any atom is -0.354 e. The Bertz CT molecular complexity index is 439. The number of halogens is 2. The second kappa shape index (κ2) is 11.7. The Morgan fingerprint density at radius 2 is 2.04 bits per heavy atom. The molecule has 0 bridgehead atoms. The number of likely N-dealkylation sites (N-methyl/N-ethyl adjacent to an activating group) is 1. The summed E-state index contributed by atoms with van der Waals surface area (Å²) in [7, 11) is 2.00. The minimum absolute atomic E-state index is 0. The van der Waals surface area contributed by atoms with Gasteiger partial charge >= 0.3 is 0 Å². The Hall–Kier alpha value is -0.810. The van der Waals surface area contributed by atoms with E-state index in [1.807, 2.05) is 37.4 Å². The zero-order chi connectivity index (χ0) is 15.1. The fraction of sp³-hybridized carbons (Fsp3) is 0.588. The lowest BCUT2D eigenvalue weighted by Crippen LogP contribution is -2.43. The maximum absolute atomic E-state index is 12.6. The molecule has 1 aliphatic heterocycles. The monoisotopic (exact) mass is 361 g/mol. The van der Waals surface area contributed by atoms with Crippen LogP contribution in [0.3, 0.4) is 0 Å². The molecule has 0 saturated carbocycles. The summed E-state index contributed by atoms with van der Waals surface area (Å²) in [5.74, 6) is 0.669. The predicted molar refractivity (Wildman–Crippen MR) is 101 cm³/mol. The number of hydrogen-bond donors (Lipinski definition) is 2. The summed E-state index contributed by atoms with van der Waals surface area (Å²) < 4.78 is 0. The Labute approximate surface area is 152 Å². The summed E-state index contributed by atoms with van der Waals surface area (Å²) in [6, 6.07) is 9.82. The standard InChI is InChI=1S/C17H27N3O.2ClH/c1-3-20(2)16(15-9-5-4-6-10-15)17(21)19-13-14-8-7-11-18-12-14;;/h4-6,9-10,14,16,18H,3,7-8,11-13H2,1-2H3,(H,19,21);2*1H. The summed E-state index contributed by atoms with van der Waals surface area (Å²) in [6.45, 7) is 5.81. The maximum atomic E-state index is 12.6. The molecule has 1 amide bonds. The molecule has 132 valence electrons. The summed E-state index contributed by atoms with van der Waals surface area (Å²) in [6.07, 6.45) is 2.41. The SMILES string of the molecule is CCN(C)C(C(=O)NCC1CCCNC1)c1ccccc1.Cl.Cl. The van der Waals surface area contributed by atoms with Gasteiger partial charge in [0.1, 0.15) is 6.04 Å². The molecule has 0 aromatic heterocycles. The first-order valence-electron chi connectivity index (χ1n) is 7.96. The lowest BCUT2D eigenvalue weighted by Gasteiger charge is -2.28. The van der Waals surface area contributed by atoms with Crippen molar-refractivity contribution in [2.75, 3.05) is 33.2 Å². The van der Waals surface area contributed by atoms with E-state index in [0.29, 0.717) is 5.92 Å². The second-order valence-electron chi connectivity index (χ2n) is 5.84. The second-order valence-corrected chi connectivity index (χ2v) is 5.84. The van der Waals surface area contributed by atoms with Crippen molar-refractivity contribution in [2.24, 2.45) is 5.92 Å². The molecule has 1 heterocycles. The number of rotatable bonds is 6. The highest BCUT2D eigenvalue weighted by atomic mass is 35.5. The summed E-state index contributed by atoms with van der Waals surface area (Å²) >= 11 is 0. The first kappa shape index (κ1) is 22.2. The van der Waals surface area contributed by atoms with E-state index in [1.54, 1.807) is 0 Å². The number of nitrogens with one attached hydrogen (secondary N) is 2. The number of piperidine rings is 1. The van der Waals surface area contributed by atoms with Crippen LogP contribution in [0.2, 0.25) is 0 Å². The van der Waals surface area contributed by atoms with Crippen LogP contribution >= 0.6 is 24.8 Å². The number of nitrogens with zero attached hydrogens (tertiary/aromatic N) is 1. The molecule has 1 fully saturated rings. The average molecular weight is 362 g/mol. The fourth-order valence-electron chi connectivity index (χ4n) is 2.86. The van der Waals surface area contributed by atoms with Gasteiger partial charge in [-0.3, -0.25) is 9.69 Å². The fourth-order valence-corrected chi connectivity index (χ4v) is 2.86. The quantitative estimate of drug-likeness (QED) is 0.818. The van der Waals surface area contributed by atoms with Crippen molar-refractivity contribution in [1.82, 2.24) is 15.5 Å². The average Bonchev–Trinajstić information content (AvgIpc) is 2.55. The van der Waals surface area contributed by atoms with Crippen LogP contribution in [0, 0.1) is 5.92 Å². The van der Waals surface area contributed by atoms with E-state index in [4.69, 9.17) is 0 Å². The van der Waals surface area contributed by atoms with Gasteiger partial charge in [0.15, 0.2) is 0 Å². The van der Waals surface area contributed by atoms with Crippen LogP contribution in [-0.4, -0.2) is 44.0 Å². The van der Waals surface area contributed by atoms with Crippen LogP contribution in [0.1, 0.15) is 31.4 Å². The molecular formula is C17H29Cl2N3O. The van der Waals surface area contributed by atoms with Gasteiger partial charge in [-0.15, -0.1) is 24.8 Å². The number of benzene rings is 1. The molecule has 0 radical (unpaired) electrons. The molecule has 1 saturated heterocycles. The van der Waals surface area contributed by atoms with Gasteiger partial charge in [0.05, 0.1) is 0 Å². The Morgan fingerprint density at radius 1 is 1.35 bits per heavy atom. The van der Waals surface area contributed by atoms with E-state index in [-0.39, 0.29) is 36.8 Å². The van der Waals surface area contributed by atoms with Crippen molar-refractivity contribution in [2.45, 2.75) is 25.8 Å². The van der Waals surface area contributed by atoms with Crippen molar-refractivity contribution < 1.29 is 4.79 Å². The third-order valence-corrected chi connectivity index (χ3v) is 4.27. The third kappa shape index (κ3) is 6.68. The molecule has 4 nitrogen and oxygen atoms in total. The summed E-state index contributed by atoms with van der Waals surface area (Å²) in [4.78, 5) is 14.7. The van der Waals surface area contributed by atoms with Crippen LogP contribution < -0.4 is 10.6 Å². The lowest BCUT2D eigenvalue weighted by atomic mass is 9.99. The third-order valence-electron chi connectivity index (χ3n) is 4.27. The molecule has 23 heavy (non-hydrogen) atoms. The van der Waals surface area contributed by atoms with E-state index in [9.17, 15) is 4.79 Å². The number of amides is 1. The van der Waals surface area contributed by atoms with Crippen LogP contribution in [0.4, 0.5) is 0 Å². The van der Waals surface area contributed by atoms with Crippen LogP contribution in [-0.2, 0) is 4.79 Å². The van der Waals surface area contributed by atoms with E-state index in [2.05, 4.69) is 22.5 Å². The van der Waals surface area contributed by atoms with Gasteiger partial charge < -0.3 is 10.6 Å². The normalized spacial score (nSPS) is 18.5. The smallest absolute Gasteiger partial charge is 0.241 e. The summed E-state index contributed by atoms with van der Waals surface area (Å²) in [5.41, 5.74) is 1.06. The van der Waals surface area contributed by atoms with E-state index < -0.39 is 0 Å². The van der Waals surface area contributed by atoms with Gasteiger partial charge in [0.25, 0.3) is 0 Å². The number of carbonyl (C=O) groups is 1. The molecule has 1 aromatic rings. The predicted octanol–water partition coefficient (Wildman–Crippen LogP) is 2.64. The van der Waals surface area contributed by atoms with Crippen molar-refractivity contribution in [3.05, 3.63) is 35.9 Å². The molecule has 1 aromatic carbocycles. The molecule has 1 aliphatic rings. The molecule has 0 aliphatic carbocycles. The highest BCUT2D eigenvalue weighted by Gasteiger charge is 2.24. The first-order valence-corrected chi connectivity index (χ1v) is 7.96. The van der Waals surface area contributed by atoms with Crippen molar-refractivity contribution in [3.63, 3.8) is 0 Å². The minimum atomic E-state index is -0.201. The van der Waals surface area contributed by atoms with Gasteiger partial charge in [0, 0.05) is 6.54 Å². The van der Waals surface area contributed by atoms with Gasteiger partial charge in [-0.1, -0.05) is 37.3 Å². The highest BCUT2D eigenvalue weighted by Crippen LogP contribution is 2.19. The topological polar surface area (TPSA) is 44.4 Å². The molecule has 6 heteroatoms. The number of hydrogen-bond acceptors (Lipinski definition) is 3. The Kier molecular flexibility index (Phi) is 11.3. The van der Waals surface area contributed by atoms with Gasteiger partial charge in [0.2, 0.25) is 5.91 Å². The largest absolute Gasteiger partial charge is 0.354 e. The Balaban J connectivity index is 0.00000242. The van der Waals surface area contributed by atoms with E-state index in [1.165, 1.54) is 12.8 Å². The molecular weight excluding hydrogens is 333 g/mol. The van der Waals surface area contributed by atoms with E-state index >= 15 is 0 Å². The first-order chi connectivity index (χ1) is 10.2. The van der Waals surface area contributed by atoms with E-state index in [0.717, 1.165) is 31.7 Å². The van der Waals surface area contributed by atoms with Gasteiger partial charge in [-0.25, -0.2) is 0 Å². The number of carbonyl (C=O) groups excluding carboxylic acids is 1. The zero-order valence-corrected chi connectivity index (χ0v) is 15.6. The highest BCUT2D eigenvalue weighted by molar-refractivity contribution is 5.85. The van der Waals surface area contributed by atoms with Crippen LogP contribution in [0.25, 0.3) is 0 Å². The molecule has 2 N–H and O–H groups in total. The molecule has 0 spiro atoms. The van der Waals surface area contributed by atoms with Crippen molar-refractivity contribution in [1.29, 1.82) is 0 Å². The lowest BCUT2D eigenvalue weighted by molar-refractivity contribution is -0.126. The molecule has 2 unspecified atom stereocenters. The van der Waals surface area contributed by atoms with Crippen molar-refractivity contribution >= 4 is 30.7 Å². The summed E-state index contributed by atoms with van der Waals surface area (Å²) in [5, 5.41) is 6.54. The van der Waals surface area contributed by atoms with Gasteiger partial charge in [-0.05, 0) is 51.0 Å². The zero-order valence-electron chi connectivity index (χ0n) is 14.0. The molecule has 2 rings (SSSR count). The molecule has 2 atom stereocenters. The maximum Gasteiger partial charge on any atom is 0.241 e. The van der Waals surface area contributed by atoms with Gasteiger partial charge in [-0.2, -0.15) is 0 Å².